The topological polar surface area (TPSA) is 65.2 Å². The third-order valence-electron chi connectivity index (χ3n) is 3.51. The summed E-state index contributed by atoms with van der Waals surface area (Å²) in [6.07, 6.45) is 7.41. The molecule has 0 spiro atoms. The maximum Gasteiger partial charge on any atom is 0.235 e. The molecule has 3 heterocycles. The van der Waals surface area contributed by atoms with Crippen molar-refractivity contribution in [1.29, 1.82) is 0 Å². The number of rotatable bonds is 4. The van der Waals surface area contributed by atoms with Crippen LogP contribution in [0.25, 0.3) is 28.5 Å². The molecule has 0 fully saturated rings. The van der Waals surface area contributed by atoms with Gasteiger partial charge in [-0.1, -0.05) is 35.1 Å². The average molecular weight is 370 g/mol. The number of hydrogen-bond acceptors (Lipinski definition) is 6. The fraction of sp³-hybridized carbons (Fsp3) is 0.0588. The van der Waals surface area contributed by atoms with E-state index in [9.17, 15) is 0 Å². The minimum Gasteiger partial charge on any atom is -0.496 e. The lowest BCUT2D eigenvalue weighted by Crippen LogP contribution is -1.94. The van der Waals surface area contributed by atoms with E-state index in [1.54, 1.807) is 42.2 Å². The Bertz CT molecular complexity index is 1060. The second-order valence-corrected chi connectivity index (χ2v) is 6.55. The van der Waals surface area contributed by atoms with Crippen molar-refractivity contribution in [2.24, 2.45) is 0 Å². The van der Waals surface area contributed by atoms with E-state index in [1.807, 2.05) is 24.3 Å². The average Bonchev–Trinajstić information content (AvgIpc) is 3.21. The molecule has 124 valence electrons. The van der Waals surface area contributed by atoms with E-state index in [1.165, 1.54) is 11.3 Å². The van der Waals surface area contributed by atoms with E-state index in [4.69, 9.17) is 16.3 Å². The summed E-state index contributed by atoms with van der Waals surface area (Å²) in [6.45, 7) is 0. The van der Waals surface area contributed by atoms with E-state index < -0.39 is 0 Å². The van der Waals surface area contributed by atoms with Gasteiger partial charge >= 0.3 is 0 Å². The minimum atomic E-state index is 0.589. The first kappa shape index (κ1) is 15.7. The zero-order chi connectivity index (χ0) is 17.2. The highest BCUT2D eigenvalue weighted by atomic mass is 35.5. The second kappa shape index (κ2) is 6.62. The van der Waals surface area contributed by atoms with Crippen molar-refractivity contribution < 1.29 is 4.74 Å². The summed E-state index contributed by atoms with van der Waals surface area (Å²) in [5.41, 5.74) is 1.75. The Morgan fingerprint density at radius 2 is 2.12 bits per heavy atom. The van der Waals surface area contributed by atoms with Gasteiger partial charge in [0.25, 0.3) is 0 Å². The smallest absolute Gasteiger partial charge is 0.235 e. The van der Waals surface area contributed by atoms with E-state index >= 15 is 0 Å². The van der Waals surface area contributed by atoms with Crippen molar-refractivity contribution in [3.05, 3.63) is 58.3 Å². The van der Waals surface area contributed by atoms with Crippen LogP contribution in [0, 0.1) is 0 Å². The standard InChI is InChI=1S/C17H12ClN5OS/c1-24-14-6-5-12(18)9-13(14)16-20-21-17-23(16)22-15(25-17)7-4-11-3-2-8-19-10-11/h2-10H,1H3/b7-4+. The Hall–Kier alpha value is -2.77. The van der Waals surface area contributed by atoms with Crippen molar-refractivity contribution in [2.75, 3.05) is 7.11 Å². The molecule has 0 saturated heterocycles. The molecule has 4 aromatic rings. The van der Waals surface area contributed by atoms with Crippen LogP contribution >= 0.6 is 22.9 Å². The maximum atomic E-state index is 6.12. The molecule has 25 heavy (non-hydrogen) atoms. The fourth-order valence-corrected chi connectivity index (χ4v) is 3.28. The Balaban J connectivity index is 1.74. The molecule has 0 aliphatic carbocycles. The lowest BCUT2D eigenvalue weighted by atomic mass is 10.2. The summed E-state index contributed by atoms with van der Waals surface area (Å²) in [6, 6.07) is 9.23. The largest absolute Gasteiger partial charge is 0.496 e. The predicted octanol–water partition coefficient (Wildman–Crippen LogP) is 4.08. The van der Waals surface area contributed by atoms with Gasteiger partial charge < -0.3 is 4.74 Å². The predicted molar refractivity (Wildman–Crippen MR) is 98.8 cm³/mol. The highest BCUT2D eigenvalue weighted by Crippen LogP contribution is 2.32. The molecule has 0 atom stereocenters. The SMILES string of the molecule is COc1ccc(Cl)cc1-c1nnc2sc(/C=C/c3cccnc3)nn12. The van der Waals surface area contributed by atoms with Gasteiger partial charge in [-0.05, 0) is 35.9 Å². The van der Waals surface area contributed by atoms with Gasteiger partial charge in [-0.2, -0.15) is 9.61 Å². The molecule has 0 aliphatic heterocycles. The molecule has 1 aromatic carbocycles. The zero-order valence-electron chi connectivity index (χ0n) is 13.1. The van der Waals surface area contributed by atoms with Gasteiger partial charge in [-0.15, -0.1) is 10.2 Å². The van der Waals surface area contributed by atoms with Gasteiger partial charge in [-0.25, -0.2) is 0 Å². The molecule has 8 heteroatoms. The molecule has 4 rings (SSSR count). The van der Waals surface area contributed by atoms with Crippen molar-refractivity contribution in [3.63, 3.8) is 0 Å². The molecule has 0 N–H and O–H groups in total. The van der Waals surface area contributed by atoms with Crippen LogP contribution in [-0.4, -0.2) is 31.9 Å². The first-order valence-corrected chi connectivity index (χ1v) is 8.58. The van der Waals surface area contributed by atoms with Crippen LogP contribution in [0.1, 0.15) is 10.6 Å². The number of methoxy groups -OCH3 is 1. The van der Waals surface area contributed by atoms with E-state index in [-0.39, 0.29) is 0 Å². The Morgan fingerprint density at radius 1 is 1.20 bits per heavy atom. The van der Waals surface area contributed by atoms with Crippen molar-refractivity contribution in [1.82, 2.24) is 24.8 Å². The highest BCUT2D eigenvalue weighted by molar-refractivity contribution is 7.17. The molecule has 3 aromatic heterocycles. The second-order valence-electron chi connectivity index (χ2n) is 5.12. The van der Waals surface area contributed by atoms with Crippen LogP contribution in [0.15, 0.2) is 42.7 Å². The normalized spacial score (nSPS) is 11.4. The Kier molecular flexibility index (Phi) is 4.17. The number of aromatic nitrogens is 5. The summed E-state index contributed by atoms with van der Waals surface area (Å²) in [5, 5.41) is 14.4. The van der Waals surface area contributed by atoms with Gasteiger partial charge in [-0.3, -0.25) is 4.98 Å². The van der Waals surface area contributed by atoms with Gasteiger partial charge in [0.1, 0.15) is 10.8 Å². The van der Waals surface area contributed by atoms with Crippen LogP contribution in [0.4, 0.5) is 0 Å². The molecule has 0 radical (unpaired) electrons. The quantitative estimate of drug-likeness (QED) is 0.542. The summed E-state index contributed by atoms with van der Waals surface area (Å²) in [7, 11) is 1.61. The summed E-state index contributed by atoms with van der Waals surface area (Å²) in [5.74, 6) is 1.26. The molecular weight excluding hydrogens is 358 g/mol. The summed E-state index contributed by atoms with van der Waals surface area (Å²) >= 11 is 7.56. The minimum absolute atomic E-state index is 0.589. The number of nitrogens with zero attached hydrogens (tertiary/aromatic N) is 5. The molecule has 6 nitrogen and oxygen atoms in total. The molecule has 0 bridgehead atoms. The number of halogens is 1. The third kappa shape index (κ3) is 3.11. The number of pyridine rings is 1. The van der Waals surface area contributed by atoms with Gasteiger partial charge in [0.15, 0.2) is 5.82 Å². The molecule has 0 saturated carbocycles. The first-order valence-electron chi connectivity index (χ1n) is 7.39. The van der Waals surface area contributed by atoms with Gasteiger partial charge in [0.05, 0.1) is 12.7 Å². The van der Waals surface area contributed by atoms with E-state index in [0.717, 1.165) is 16.1 Å². The van der Waals surface area contributed by atoms with Crippen LogP contribution in [0.5, 0.6) is 5.75 Å². The summed E-state index contributed by atoms with van der Waals surface area (Å²) < 4.78 is 7.10. The number of ether oxygens (including phenoxy) is 1. The van der Waals surface area contributed by atoms with Crippen molar-refractivity contribution in [3.8, 4) is 17.1 Å². The van der Waals surface area contributed by atoms with Gasteiger partial charge in [0.2, 0.25) is 4.96 Å². The molecule has 0 unspecified atom stereocenters. The highest BCUT2D eigenvalue weighted by Gasteiger charge is 2.16. The summed E-state index contributed by atoms with van der Waals surface area (Å²) in [4.78, 5) is 4.79. The van der Waals surface area contributed by atoms with Crippen molar-refractivity contribution in [2.45, 2.75) is 0 Å². The zero-order valence-corrected chi connectivity index (χ0v) is 14.7. The van der Waals surface area contributed by atoms with E-state index in [2.05, 4.69) is 20.3 Å². The number of hydrogen-bond donors (Lipinski definition) is 0. The first-order chi connectivity index (χ1) is 12.2. The van der Waals surface area contributed by atoms with E-state index in [0.29, 0.717) is 21.6 Å². The monoisotopic (exact) mass is 369 g/mol. The number of benzene rings is 1. The number of fused-ring (bicyclic) bond motifs is 1. The maximum absolute atomic E-state index is 6.12. The lowest BCUT2D eigenvalue weighted by molar-refractivity contribution is 0.416. The third-order valence-corrected chi connectivity index (χ3v) is 4.61. The van der Waals surface area contributed by atoms with Crippen LogP contribution in [0.2, 0.25) is 5.02 Å². The Labute approximate surface area is 152 Å². The molecule has 0 aliphatic rings. The van der Waals surface area contributed by atoms with Crippen molar-refractivity contribution >= 4 is 40.1 Å². The van der Waals surface area contributed by atoms with Gasteiger partial charge in [0, 0.05) is 17.4 Å². The lowest BCUT2D eigenvalue weighted by Gasteiger charge is -2.06. The Morgan fingerprint density at radius 3 is 2.92 bits per heavy atom. The fourth-order valence-electron chi connectivity index (χ4n) is 2.36. The van der Waals surface area contributed by atoms with Crippen LogP contribution in [-0.2, 0) is 0 Å². The molecular formula is C17H12ClN5OS. The molecule has 0 amide bonds. The van der Waals surface area contributed by atoms with Crippen LogP contribution in [0.3, 0.4) is 0 Å². The van der Waals surface area contributed by atoms with Crippen LogP contribution < -0.4 is 4.74 Å².